The molecular formula is C31H34ClF6N3O3. The third-order valence-corrected chi connectivity index (χ3v) is 9.06. The summed E-state index contributed by atoms with van der Waals surface area (Å²) in [6.07, 6.45) is -7.39. The highest BCUT2D eigenvalue weighted by Gasteiger charge is 2.41. The highest BCUT2D eigenvalue weighted by molar-refractivity contribution is 6.31. The van der Waals surface area contributed by atoms with Crippen molar-refractivity contribution in [2.75, 3.05) is 20.1 Å². The summed E-state index contributed by atoms with van der Waals surface area (Å²) in [4.78, 5) is 41.4. The number of carbonyl (C=O) groups excluding carboxylic acids is 3. The van der Waals surface area contributed by atoms with Gasteiger partial charge in [-0.2, -0.15) is 26.3 Å². The van der Waals surface area contributed by atoms with Crippen LogP contribution >= 0.6 is 11.6 Å². The number of rotatable bonds is 5. The van der Waals surface area contributed by atoms with Crippen molar-refractivity contribution in [3.8, 4) is 0 Å². The molecule has 2 aliphatic rings. The van der Waals surface area contributed by atoms with Gasteiger partial charge in [0.1, 0.15) is 0 Å². The highest BCUT2D eigenvalue weighted by Crippen LogP contribution is 2.38. The molecule has 2 atom stereocenters. The van der Waals surface area contributed by atoms with Gasteiger partial charge in [-0.05, 0) is 74.4 Å². The van der Waals surface area contributed by atoms with E-state index >= 15 is 0 Å². The van der Waals surface area contributed by atoms with Crippen LogP contribution in [-0.2, 0) is 21.9 Å². The third-order valence-electron chi connectivity index (χ3n) is 8.63. The predicted octanol–water partition coefficient (Wildman–Crippen LogP) is 6.84. The summed E-state index contributed by atoms with van der Waals surface area (Å²) in [6.45, 7) is 3.69. The van der Waals surface area contributed by atoms with Crippen LogP contribution in [0.5, 0.6) is 0 Å². The standard InChI is InChI=1S/C31H34ClF6N3O3/c1-17-12-20(6-9-26(17)32)25-16-41(29(44)19-4-7-24(8-5-19)39-18(2)42)11-10-27(25)40(3)28(43)21-13-22(30(33,34)35)15-23(14-21)31(36,37)38/h6,9,12-15,19,24-25,27H,4-5,7-8,10-11,16H2,1-3H3,(H,39,42). The molecule has 1 N–H and O–H groups in total. The van der Waals surface area contributed by atoms with E-state index in [1.54, 1.807) is 24.0 Å². The van der Waals surface area contributed by atoms with Gasteiger partial charge < -0.3 is 15.1 Å². The first-order valence-electron chi connectivity index (χ1n) is 14.3. The molecule has 2 aromatic rings. The maximum absolute atomic E-state index is 13.6. The second-order valence-corrected chi connectivity index (χ2v) is 12.1. The van der Waals surface area contributed by atoms with Crippen molar-refractivity contribution < 1.29 is 40.7 Å². The summed E-state index contributed by atoms with van der Waals surface area (Å²) in [5.74, 6) is -1.89. The molecule has 0 spiro atoms. The van der Waals surface area contributed by atoms with E-state index in [-0.39, 0.29) is 49.4 Å². The van der Waals surface area contributed by atoms with Crippen LogP contribution in [0.15, 0.2) is 36.4 Å². The number of likely N-dealkylation sites (tertiary alicyclic amines) is 1. The van der Waals surface area contributed by atoms with Crippen molar-refractivity contribution in [3.63, 3.8) is 0 Å². The van der Waals surface area contributed by atoms with Gasteiger partial charge in [0.2, 0.25) is 11.8 Å². The molecule has 4 rings (SSSR count). The molecule has 6 nitrogen and oxygen atoms in total. The molecule has 0 radical (unpaired) electrons. The summed E-state index contributed by atoms with van der Waals surface area (Å²) >= 11 is 6.24. The van der Waals surface area contributed by atoms with Crippen LogP contribution in [-0.4, -0.2) is 59.7 Å². The first kappa shape index (κ1) is 33.6. The van der Waals surface area contributed by atoms with Gasteiger partial charge >= 0.3 is 12.4 Å². The quantitative estimate of drug-likeness (QED) is 0.362. The highest BCUT2D eigenvalue weighted by atomic mass is 35.5. The summed E-state index contributed by atoms with van der Waals surface area (Å²) < 4.78 is 81.0. The molecule has 2 aromatic carbocycles. The number of piperidine rings is 1. The van der Waals surface area contributed by atoms with Gasteiger partial charge in [0, 0.05) is 61.6 Å². The second kappa shape index (κ2) is 13.0. The van der Waals surface area contributed by atoms with Crippen LogP contribution in [0.3, 0.4) is 0 Å². The molecule has 0 bridgehead atoms. The Morgan fingerprint density at radius 2 is 1.50 bits per heavy atom. The topological polar surface area (TPSA) is 69.7 Å². The van der Waals surface area contributed by atoms with E-state index < -0.39 is 46.9 Å². The van der Waals surface area contributed by atoms with Crippen molar-refractivity contribution in [1.29, 1.82) is 0 Å². The van der Waals surface area contributed by atoms with E-state index in [1.165, 1.54) is 18.9 Å². The number of hydrogen-bond acceptors (Lipinski definition) is 3. The van der Waals surface area contributed by atoms with Gasteiger partial charge in [0.15, 0.2) is 0 Å². The van der Waals surface area contributed by atoms with Gasteiger partial charge in [0.25, 0.3) is 5.91 Å². The molecule has 2 fully saturated rings. The molecule has 44 heavy (non-hydrogen) atoms. The van der Waals surface area contributed by atoms with Crippen LogP contribution in [0.2, 0.25) is 5.02 Å². The van der Waals surface area contributed by atoms with Gasteiger partial charge in [-0.1, -0.05) is 23.7 Å². The largest absolute Gasteiger partial charge is 0.416 e. The van der Waals surface area contributed by atoms with Gasteiger partial charge in [-0.3, -0.25) is 14.4 Å². The fraction of sp³-hybridized carbons (Fsp3) is 0.516. The average molecular weight is 646 g/mol. The number of halogens is 7. The number of alkyl halides is 6. The SMILES string of the molecule is CC(=O)NC1CCC(C(=O)N2CCC(N(C)C(=O)c3cc(C(F)(F)F)cc(C(F)(F)F)c3)C(c3ccc(Cl)c(C)c3)C2)CC1. The summed E-state index contributed by atoms with van der Waals surface area (Å²) in [5.41, 5.74) is -2.38. The molecule has 2 unspecified atom stereocenters. The second-order valence-electron chi connectivity index (χ2n) is 11.7. The zero-order chi connectivity index (χ0) is 32.6. The number of likely N-dealkylation sites (N-methyl/N-ethyl adjacent to an activating group) is 1. The van der Waals surface area contributed by atoms with Crippen LogP contribution < -0.4 is 5.32 Å². The minimum Gasteiger partial charge on any atom is -0.354 e. The zero-order valence-corrected chi connectivity index (χ0v) is 25.2. The van der Waals surface area contributed by atoms with Crippen molar-refractivity contribution in [2.45, 2.75) is 76.3 Å². The molecule has 1 aliphatic heterocycles. The van der Waals surface area contributed by atoms with Gasteiger partial charge in [-0.15, -0.1) is 0 Å². The van der Waals surface area contributed by atoms with E-state index in [0.717, 1.165) is 11.1 Å². The maximum atomic E-state index is 13.6. The van der Waals surface area contributed by atoms with E-state index in [1.807, 2.05) is 6.07 Å². The lowest BCUT2D eigenvalue weighted by Crippen LogP contribution is -2.53. The lowest BCUT2D eigenvalue weighted by atomic mass is 9.81. The molecule has 0 aromatic heterocycles. The first-order valence-corrected chi connectivity index (χ1v) is 14.7. The fourth-order valence-electron chi connectivity index (χ4n) is 6.29. The molecule has 1 heterocycles. The number of nitrogens with one attached hydrogen (secondary N) is 1. The van der Waals surface area contributed by atoms with E-state index in [0.29, 0.717) is 42.8 Å². The Morgan fingerprint density at radius 3 is 2.02 bits per heavy atom. The molecule has 13 heteroatoms. The van der Waals surface area contributed by atoms with Crippen molar-refractivity contribution in [3.05, 3.63) is 69.2 Å². The van der Waals surface area contributed by atoms with Crippen molar-refractivity contribution >= 4 is 29.3 Å². The van der Waals surface area contributed by atoms with E-state index in [4.69, 9.17) is 11.6 Å². The summed E-state index contributed by atoms with van der Waals surface area (Å²) in [7, 11) is 1.36. The van der Waals surface area contributed by atoms with E-state index in [2.05, 4.69) is 5.32 Å². The molecular weight excluding hydrogens is 612 g/mol. The lowest BCUT2D eigenvalue weighted by Gasteiger charge is -2.44. The lowest BCUT2D eigenvalue weighted by molar-refractivity contribution is -0.143. The molecule has 1 saturated carbocycles. The Bertz CT molecular complexity index is 1370. The minimum absolute atomic E-state index is 0.0101. The maximum Gasteiger partial charge on any atom is 0.416 e. The van der Waals surface area contributed by atoms with Crippen LogP contribution in [0, 0.1) is 12.8 Å². The monoisotopic (exact) mass is 645 g/mol. The van der Waals surface area contributed by atoms with E-state index in [9.17, 15) is 40.7 Å². The molecule has 1 aliphatic carbocycles. The van der Waals surface area contributed by atoms with Crippen molar-refractivity contribution in [2.24, 2.45) is 5.92 Å². The smallest absolute Gasteiger partial charge is 0.354 e. The molecule has 1 saturated heterocycles. The Balaban J connectivity index is 1.61. The zero-order valence-electron chi connectivity index (χ0n) is 24.5. The Labute approximate surface area is 256 Å². The molecule has 240 valence electrons. The number of carbonyl (C=O) groups is 3. The van der Waals surface area contributed by atoms with Crippen LogP contribution in [0.25, 0.3) is 0 Å². The van der Waals surface area contributed by atoms with Crippen LogP contribution in [0.4, 0.5) is 26.3 Å². The number of nitrogens with zero attached hydrogens (tertiary/aromatic N) is 2. The third kappa shape index (κ3) is 7.68. The Morgan fingerprint density at radius 1 is 0.909 bits per heavy atom. The summed E-state index contributed by atoms with van der Waals surface area (Å²) in [6, 6.07) is 5.49. The van der Waals surface area contributed by atoms with Crippen molar-refractivity contribution in [1.82, 2.24) is 15.1 Å². The number of benzene rings is 2. The van der Waals surface area contributed by atoms with Crippen LogP contribution in [0.1, 0.15) is 77.6 Å². The number of hydrogen-bond donors (Lipinski definition) is 1. The Hall–Kier alpha value is -3.28. The minimum atomic E-state index is -5.09. The number of amides is 3. The van der Waals surface area contributed by atoms with Gasteiger partial charge in [-0.25, -0.2) is 0 Å². The summed E-state index contributed by atoms with van der Waals surface area (Å²) in [5, 5.41) is 3.39. The Kier molecular flexibility index (Phi) is 9.92. The van der Waals surface area contributed by atoms with Gasteiger partial charge in [0.05, 0.1) is 11.1 Å². The average Bonchev–Trinajstić information content (AvgIpc) is 2.96. The number of aryl methyl sites for hydroxylation is 1. The first-order chi connectivity index (χ1) is 20.5. The predicted molar refractivity (Wildman–Crippen MR) is 152 cm³/mol. The fourth-order valence-corrected chi connectivity index (χ4v) is 6.41. The molecule has 3 amide bonds. The normalized spacial score (nSPS) is 22.8.